The molecule has 5 nitrogen and oxygen atoms in total. The van der Waals surface area contributed by atoms with Crippen LogP contribution in [0.2, 0.25) is 0 Å². The summed E-state index contributed by atoms with van der Waals surface area (Å²) in [5.41, 5.74) is 3.86. The number of hydrogen-bond acceptors (Lipinski definition) is 4. The van der Waals surface area contributed by atoms with E-state index < -0.39 is 6.10 Å². The minimum atomic E-state index is -0.701. The van der Waals surface area contributed by atoms with Crippen molar-refractivity contribution in [1.29, 1.82) is 0 Å². The van der Waals surface area contributed by atoms with Gasteiger partial charge in [0.15, 0.2) is 0 Å². The van der Waals surface area contributed by atoms with Crippen LogP contribution < -0.4 is 4.74 Å². The Balaban J connectivity index is 1.73. The second-order valence-electron chi connectivity index (χ2n) is 6.02. The highest BCUT2D eigenvalue weighted by atomic mass is 16.5. The molecule has 0 aliphatic heterocycles. The lowest BCUT2D eigenvalue weighted by molar-refractivity contribution is 0.0911. The van der Waals surface area contributed by atoms with Crippen LogP contribution in [-0.4, -0.2) is 32.5 Å². The first kappa shape index (κ1) is 16.5. The van der Waals surface area contributed by atoms with Gasteiger partial charge in [-0.1, -0.05) is 24.3 Å². The summed E-state index contributed by atoms with van der Waals surface area (Å²) in [6, 6.07) is 13.6. The molecule has 0 saturated carbocycles. The van der Waals surface area contributed by atoms with Gasteiger partial charge in [0.25, 0.3) is 0 Å². The molecular weight excluding hydrogens is 304 g/mol. The fourth-order valence-corrected chi connectivity index (χ4v) is 2.76. The lowest BCUT2D eigenvalue weighted by Crippen LogP contribution is -2.24. The number of ether oxygens (including phenoxy) is 1. The number of rotatable bonds is 6. The molecule has 0 aliphatic carbocycles. The van der Waals surface area contributed by atoms with E-state index in [1.54, 1.807) is 0 Å². The monoisotopic (exact) mass is 326 g/mol. The molecule has 24 heavy (non-hydrogen) atoms. The van der Waals surface area contributed by atoms with Gasteiger partial charge in [-0.3, -0.25) is 0 Å². The van der Waals surface area contributed by atoms with Gasteiger partial charge in [-0.05, 0) is 43.2 Å². The van der Waals surface area contributed by atoms with Crippen LogP contribution in [0.1, 0.15) is 17.0 Å². The number of aryl methyl sites for hydroxylation is 2. The van der Waals surface area contributed by atoms with E-state index in [2.05, 4.69) is 4.98 Å². The van der Waals surface area contributed by atoms with E-state index in [1.807, 2.05) is 60.9 Å². The van der Waals surface area contributed by atoms with Crippen molar-refractivity contribution in [3.63, 3.8) is 0 Å². The third kappa shape index (κ3) is 3.42. The Bertz CT molecular complexity index is 842. The van der Waals surface area contributed by atoms with Crippen molar-refractivity contribution in [2.24, 2.45) is 0 Å². The van der Waals surface area contributed by atoms with Gasteiger partial charge in [-0.25, -0.2) is 4.98 Å². The highest BCUT2D eigenvalue weighted by molar-refractivity contribution is 5.75. The summed E-state index contributed by atoms with van der Waals surface area (Å²) in [5.74, 6) is 1.33. The minimum Gasteiger partial charge on any atom is -0.491 e. The second kappa shape index (κ2) is 7.03. The zero-order valence-electron chi connectivity index (χ0n) is 13.9. The minimum absolute atomic E-state index is 0.167. The molecule has 3 rings (SSSR count). The SMILES string of the molecule is Cc1ccc(C)c(OCC(O)Cn2c(CO)nc3ccccc32)c1. The Kier molecular flexibility index (Phi) is 4.83. The van der Waals surface area contributed by atoms with Crippen LogP contribution in [0, 0.1) is 13.8 Å². The molecule has 0 amide bonds. The van der Waals surface area contributed by atoms with Crippen molar-refractivity contribution in [3.8, 4) is 5.75 Å². The Morgan fingerprint density at radius 1 is 1.17 bits per heavy atom. The largest absolute Gasteiger partial charge is 0.491 e. The molecule has 1 heterocycles. The molecule has 0 aliphatic rings. The first-order valence-electron chi connectivity index (χ1n) is 8.01. The van der Waals surface area contributed by atoms with E-state index in [0.29, 0.717) is 12.4 Å². The van der Waals surface area contributed by atoms with E-state index in [9.17, 15) is 10.2 Å². The smallest absolute Gasteiger partial charge is 0.135 e. The van der Waals surface area contributed by atoms with E-state index in [4.69, 9.17) is 4.74 Å². The van der Waals surface area contributed by atoms with Crippen LogP contribution in [0.4, 0.5) is 0 Å². The van der Waals surface area contributed by atoms with Gasteiger partial charge < -0.3 is 19.5 Å². The number of aromatic nitrogens is 2. The number of aliphatic hydroxyl groups excluding tert-OH is 2. The van der Waals surface area contributed by atoms with Gasteiger partial charge in [0.1, 0.15) is 30.9 Å². The second-order valence-corrected chi connectivity index (χ2v) is 6.02. The maximum absolute atomic E-state index is 10.4. The Morgan fingerprint density at radius 3 is 2.75 bits per heavy atom. The first-order chi connectivity index (χ1) is 11.6. The molecule has 0 bridgehead atoms. The predicted molar refractivity (Wildman–Crippen MR) is 93.1 cm³/mol. The maximum Gasteiger partial charge on any atom is 0.135 e. The fourth-order valence-electron chi connectivity index (χ4n) is 2.76. The molecule has 3 aromatic rings. The van der Waals surface area contributed by atoms with Gasteiger partial charge in [0.05, 0.1) is 17.6 Å². The third-order valence-corrected chi connectivity index (χ3v) is 4.04. The molecule has 1 unspecified atom stereocenters. The van der Waals surface area contributed by atoms with Crippen LogP contribution in [0.25, 0.3) is 11.0 Å². The molecule has 0 spiro atoms. The topological polar surface area (TPSA) is 67.5 Å². The summed E-state index contributed by atoms with van der Waals surface area (Å²) in [6.07, 6.45) is -0.701. The average molecular weight is 326 g/mol. The zero-order valence-corrected chi connectivity index (χ0v) is 13.9. The molecule has 0 radical (unpaired) electrons. The number of hydrogen-bond donors (Lipinski definition) is 2. The van der Waals surface area contributed by atoms with Gasteiger partial charge in [-0.15, -0.1) is 0 Å². The summed E-state index contributed by atoms with van der Waals surface area (Å²) < 4.78 is 7.61. The predicted octanol–water partition coefficient (Wildman–Crippen LogP) is 2.59. The van der Waals surface area contributed by atoms with Crippen molar-refractivity contribution in [2.45, 2.75) is 33.1 Å². The highest BCUT2D eigenvalue weighted by Crippen LogP contribution is 2.20. The fraction of sp³-hybridized carbons (Fsp3) is 0.316. The van der Waals surface area contributed by atoms with Crippen LogP contribution in [0.5, 0.6) is 5.75 Å². The molecule has 0 saturated heterocycles. The Hall–Kier alpha value is -2.37. The Labute approximate surface area is 141 Å². The third-order valence-electron chi connectivity index (χ3n) is 4.04. The van der Waals surface area contributed by atoms with Crippen LogP contribution in [0.3, 0.4) is 0 Å². The van der Waals surface area contributed by atoms with Crippen molar-refractivity contribution in [2.75, 3.05) is 6.61 Å². The number of aliphatic hydroxyl groups is 2. The summed E-state index contributed by atoms with van der Waals surface area (Å²) in [7, 11) is 0. The van der Waals surface area contributed by atoms with E-state index >= 15 is 0 Å². The van der Waals surface area contributed by atoms with E-state index in [0.717, 1.165) is 27.9 Å². The van der Waals surface area contributed by atoms with Crippen LogP contribution in [-0.2, 0) is 13.2 Å². The van der Waals surface area contributed by atoms with Crippen molar-refractivity contribution < 1.29 is 14.9 Å². The van der Waals surface area contributed by atoms with Crippen molar-refractivity contribution in [1.82, 2.24) is 9.55 Å². The summed E-state index contributed by atoms with van der Waals surface area (Å²) in [6.45, 7) is 4.32. The Morgan fingerprint density at radius 2 is 1.96 bits per heavy atom. The van der Waals surface area contributed by atoms with Gasteiger partial charge in [0, 0.05) is 0 Å². The number of para-hydroxylation sites is 2. The molecule has 1 aromatic heterocycles. The number of imidazole rings is 1. The summed E-state index contributed by atoms with van der Waals surface area (Å²) in [5, 5.41) is 19.9. The molecule has 126 valence electrons. The molecule has 2 aromatic carbocycles. The van der Waals surface area contributed by atoms with Crippen molar-refractivity contribution >= 4 is 11.0 Å². The lowest BCUT2D eigenvalue weighted by atomic mass is 10.1. The molecule has 0 fully saturated rings. The maximum atomic E-state index is 10.4. The zero-order chi connectivity index (χ0) is 17.1. The van der Waals surface area contributed by atoms with Crippen LogP contribution >= 0.6 is 0 Å². The number of benzene rings is 2. The average Bonchev–Trinajstić information content (AvgIpc) is 2.93. The van der Waals surface area contributed by atoms with Gasteiger partial charge >= 0.3 is 0 Å². The summed E-state index contributed by atoms with van der Waals surface area (Å²) in [4.78, 5) is 4.39. The van der Waals surface area contributed by atoms with Crippen molar-refractivity contribution in [3.05, 3.63) is 59.4 Å². The lowest BCUT2D eigenvalue weighted by Gasteiger charge is -2.16. The van der Waals surface area contributed by atoms with E-state index in [1.165, 1.54) is 0 Å². The quantitative estimate of drug-likeness (QED) is 0.731. The highest BCUT2D eigenvalue weighted by Gasteiger charge is 2.14. The molecule has 5 heteroatoms. The van der Waals surface area contributed by atoms with Crippen LogP contribution in [0.15, 0.2) is 42.5 Å². The summed E-state index contributed by atoms with van der Waals surface area (Å²) >= 11 is 0. The number of fused-ring (bicyclic) bond motifs is 1. The molecular formula is C19H22N2O3. The molecule has 1 atom stereocenters. The first-order valence-corrected chi connectivity index (χ1v) is 8.01. The van der Waals surface area contributed by atoms with Gasteiger partial charge in [0.2, 0.25) is 0 Å². The standard InChI is InChI=1S/C19H22N2O3/c1-13-7-8-14(2)18(9-13)24-12-15(23)10-21-17-6-4-3-5-16(17)20-19(21)11-22/h3-9,15,22-23H,10-12H2,1-2H3. The van der Waals surface area contributed by atoms with E-state index in [-0.39, 0.29) is 13.2 Å². The van der Waals surface area contributed by atoms with Gasteiger partial charge in [-0.2, -0.15) is 0 Å². The normalized spacial score (nSPS) is 12.5. The molecule has 2 N–H and O–H groups in total. The number of nitrogens with zero attached hydrogens (tertiary/aromatic N) is 2.